The number of ether oxygens (including phenoxy) is 1. The highest BCUT2D eigenvalue weighted by Gasteiger charge is 2.57. The molecule has 1 amide bonds. The van der Waals surface area contributed by atoms with Gasteiger partial charge in [0.25, 0.3) is 5.92 Å². The highest BCUT2D eigenvalue weighted by Crippen LogP contribution is 2.47. The SMILES string of the molecule is C=CC(=O)N1CCN(c2nc(OC[C@@]34CCCN3CC(F)(F)C4)nc3c(F)c(-c4cc(O)cc5cccc(F)c45)c(Cl)cc23)C[C@@H]1CC#N. The standard InChI is InChI=1S/C35H31ClF4N6O3/c1-2-27(48)46-12-11-44(16-21(46)7-9-41)32-24-15-25(36)29(23-14-22(47)13-20-5-3-6-26(37)28(20)23)30(38)31(24)42-33(43-32)49-19-34-8-4-10-45(34)18-35(39,40)17-34/h2-3,5-6,13-15,21,47H,1,4,7-8,10-12,16-19H2/t21-,34-/m0/s1. The van der Waals surface area contributed by atoms with E-state index in [0.717, 1.165) is 6.42 Å². The predicted octanol–water partition coefficient (Wildman–Crippen LogP) is 6.46. The van der Waals surface area contributed by atoms with E-state index in [2.05, 4.69) is 22.6 Å². The third-order valence-corrected chi connectivity index (χ3v) is 10.1. The van der Waals surface area contributed by atoms with Crippen molar-refractivity contribution < 1.29 is 32.2 Å². The maximum absolute atomic E-state index is 16.9. The second kappa shape index (κ2) is 12.3. The summed E-state index contributed by atoms with van der Waals surface area (Å²) in [6.45, 7) is 4.11. The average Bonchev–Trinajstić information content (AvgIpc) is 3.55. The molecule has 0 unspecified atom stereocenters. The molecular weight excluding hydrogens is 664 g/mol. The Kier molecular flexibility index (Phi) is 8.27. The maximum atomic E-state index is 16.9. The molecule has 1 N–H and O–H groups in total. The van der Waals surface area contributed by atoms with Crippen LogP contribution in [0, 0.1) is 23.0 Å². The summed E-state index contributed by atoms with van der Waals surface area (Å²) in [5.41, 5.74) is -1.38. The topological polar surface area (TPSA) is 106 Å². The van der Waals surface area contributed by atoms with Crippen LogP contribution in [0.4, 0.5) is 23.4 Å². The molecule has 3 aromatic carbocycles. The minimum Gasteiger partial charge on any atom is -0.508 e. The van der Waals surface area contributed by atoms with Crippen molar-refractivity contribution in [2.75, 3.05) is 44.2 Å². The summed E-state index contributed by atoms with van der Waals surface area (Å²) in [5, 5.41) is 20.4. The molecule has 3 aliphatic heterocycles. The van der Waals surface area contributed by atoms with Gasteiger partial charge in [-0.25, -0.2) is 17.6 Å². The smallest absolute Gasteiger partial charge is 0.319 e. The van der Waals surface area contributed by atoms with Crippen LogP contribution >= 0.6 is 11.6 Å². The molecule has 4 aromatic rings. The Morgan fingerprint density at radius 1 is 1.20 bits per heavy atom. The number of nitrogens with zero attached hydrogens (tertiary/aromatic N) is 6. The molecule has 3 fully saturated rings. The van der Waals surface area contributed by atoms with Gasteiger partial charge < -0.3 is 19.6 Å². The second-order valence-corrected chi connectivity index (χ2v) is 13.3. The van der Waals surface area contributed by atoms with Crippen LogP contribution in [0.5, 0.6) is 11.8 Å². The summed E-state index contributed by atoms with van der Waals surface area (Å²) >= 11 is 6.76. The van der Waals surface area contributed by atoms with Gasteiger partial charge in [-0.3, -0.25) is 9.69 Å². The normalized spacial score (nSPS) is 22.0. The molecular formula is C35H31ClF4N6O3. The minimum absolute atomic E-state index is 0.000519. The summed E-state index contributed by atoms with van der Waals surface area (Å²) < 4.78 is 67.3. The molecule has 254 valence electrons. The number of carbonyl (C=O) groups excluding carboxylic acids is 1. The molecule has 1 aromatic heterocycles. The fourth-order valence-corrected chi connectivity index (χ4v) is 7.98. The third kappa shape index (κ3) is 5.76. The van der Waals surface area contributed by atoms with Gasteiger partial charge in [-0.2, -0.15) is 15.2 Å². The molecule has 0 radical (unpaired) electrons. The lowest BCUT2D eigenvalue weighted by atomic mass is 9.94. The zero-order valence-electron chi connectivity index (χ0n) is 26.2. The molecule has 9 nitrogen and oxygen atoms in total. The number of hydrogen-bond acceptors (Lipinski definition) is 8. The first-order valence-corrected chi connectivity index (χ1v) is 16.2. The Morgan fingerprint density at radius 3 is 2.80 bits per heavy atom. The van der Waals surface area contributed by atoms with Gasteiger partial charge in [0.15, 0.2) is 5.82 Å². The van der Waals surface area contributed by atoms with Crippen LogP contribution in [0.2, 0.25) is 5.02 Å². The zero-order chi connectivity index (χ0) is 34.7. The minimum atomic E-state index is -2.88. The van der Waals surface area contributed by atoms with Crippen molar-refractivity contribution >= 4 is 45.0 Å². The molecule has 3 saturated heterocycles. The first-order chi connectivity index (χ1) is 23.4. The third-order valence-electron chi connectivity index (χ3n) is 9.81. The molecule has 0 bridgehead atoms. The summed E-state index contributed by atoms with van der Waals surface area (Å²) in [6.07, 6.45) is 2.00. The van der Waals surface area contributed by atoms with Gasteiger partial charge in [-0.15, -0.1) is 0 Å². The van der Waals surface area contributed by atoms with E-state index in [9.17, 15) is 23.9 Å². The number of piperazine rings is 1. The number of phenolic OH excluding ortho intramolecular Hbond substituents is 1. The van der Waals surface area contributed by atoms with Crippen LogP contribution in [0.3, 0.4) is 0 Å². The summed E-state index contributed by atoms with van der Waals surface area (Å²) in [7, 11) is 0. The molecule has 7 rings (SSSR count). The maximum Gasteiger partial charge on any atom is 0.319 e. The van der Waals surface area contributed by atoms with Gasteiger partial charge in [0.2, 0.25) is 5.91 Å². The van der Waals surface area contributed by atoms with Gasteiger partial charge in [-0.05, 0) is 55.1 Å². The Hall–Kier alpha value is -4.67. The van der Waals surface area contributed by atoms with Crippen molar-refractivity contribution in [3.8, 4) is 29.0 Å². The van der Waals surface area contributed by atoms with Crippen LogP contribution in [-0.2, 0) is 4.79 Å². The van der Waals surface area contributed by atoms with Crippen molar-refractivity contribution in [1.29, 1.82) is 5.26 Å². The molecule has 0 aliphatic carbocycles. The molecule has 14 heteroatoms. The molecule has 0 spiro atoms. The van der Waals surface area contributed by atoms with E-state index in [4.69, 9.17) is 16.3 Å². The number of anilines is 1. The van der Waals surface area contributed by atoms with Crippen molar-refractivity contribution in [3.05, 3.63) is 65.7 Å². The van der Waals surface area contributed by atoms with Crippen LogP contribution in [-0.4, -0.2) is 87.6 Å². The van der Waals surface area contributed by atoms with E-state index in [-0.39, 0.29) is 102 Å². The fraction of sp³-hybridized carbons (Fsp3) is 0.371. The first-order valence-electron chi connectivity index (χ1n) is 15.9. The first kappa shape index (κ1) is 32.9. The van der Waals surface area contributed by atoms with Gasteiger partial charge >= 0.3 is 6.01 Å². The highest BCUT2D eigenvalue weighted by molar-refractivity contribution is 6.35. The Labute approximate surface area is 283 Å². The zero-order valence-corrected chi connectivity index (χ0v) is 27.0. The number of aromatic nitrogens is 2. The van der Waals surface area contributed by atoms with Crippen molar-refractivity contribution in [3.63, 3.8) is 0 Å². The van der Waals surface area contributed by atoms with Crippen LogP contribution in [0.25, 0.3) is 32.8 Å². The number of benzene rings is 3. The molecule has 0 saturated carbocycles. The van der Waals surface area contributed by atoms with E-state index in [0.29, 0.717) is 18.4 Å². The van der Waals surface area contributed by atoms with Crippen molar-refractivity contribution in [1.82, 2.24) is 19.8 Å². The van der Waals surface area contributed by atoms with Gasteiger partial charge in [0.05, 0.1) is 35.6 Å². The van der Waals surface area contributed by atoms with Crippen LogP contribution in [0.1, 0.15) is 25.7 Å². The van der Waals surface area contributed by atoms with E-state index >= 15 is 8.78 Å². The second-order valence-electron chi connectivity index (χ2n) is 12.9. The monoisotopic (exact) mass is 694 g/mol. The molecule has 2 atom stereocenters. The van der Waals surface area contributed by atoms with Crippen LogP contribution in [0.15, 0.2) is 49.1 Å². The number of hydrogen-bond donors (Lipinski definition) is 1. The lowest BCUT2D eigenvalue weighted by Crippen LogP contribution is -2.55. The Morgan fingerprint density at radius 2 is 2.02 bits per heavy atom. The Balaban J connectivity index is 1.37. The number of aromatic hydroxyl groups is 1. The quantitative estimate of drug-likeness (QED) is 0.174. The molecule has 49 heavy (non-hydrogen) atoms. The fourth-order valence-electron chi connectivity index (χ4n) is 7.68. The largest absolute Gasteiger partial charge is 0.508 e. The molecule has 3 aliphatic rings. The van der Waals surface area contributed by atoms with Crippen molar-refractivity contribution in [2.45, 2.75) is 43.2 Å². The lowest BCUT2D eigenvalue weighted by molar-refractivity contribution is -0.128. The van der Waals surface area contributed by atoms with E-state index in [1.54, 1.807) is 15.9 Å². The predicted molar refractivity (Wildman–Crippen MR) is 176 cm³/mol. The summed E-state index contributed by atoms with van der Waals surface area (Å²) in [5.74, 6) is -4.85. The van der Waals surface area contributed by atoms with Crippen LogP contribution < -0.4 is 9.64 Å². The number of alkyl halides is 2. The summed E-state index contributed by atoms with van der Waals surface area (Å²) in [6, 6.07) is 9.57. The van der Waals surface area contributed by atoms with Gasteiger partial charge in [0.1, 0.15) is 29.5 Å². The number of rotatable bonds is 7. The number of nitriles is 1. The van der Waals surface area contributed by atoms with Gasteiger partial charge in [-0.1, -0.05) is 30.3 Å². The number of amides is 1. The lowest BCUT2D eigenvalue weighted by Gasteiger charge is -2.41. The van der Waals surface area contributed by atoms with E-state index in [1.807, 2.05) is 0 Å². The number of phenols is 1. The molecule has 4 heterocycles. The summed E-state index contributed by atoms with van der Waals surface area (Å²) in [4.78, 5) is 26.7. The van der Waals surface area contributed by atoms with Gasteiger partial charge in [0, 0.05) is 48.0 Å². The number of halogens is 5. The van der Waals surface area contributed by atoms with E-state index in [1.165, 1.54) is 41.3 Å². The number of carbonyl (C=O) groups is 1. The van der Waals surface area contributed by atoms with E-state index < -0.39 is 29.1 Å². The van der Waals surface area contributed by atoms with Crippen molar-refractivity contribution in [2.24, 2.45) is 0 Å². The average molecular weight is 695 g/mol. The number of fused-ring (bicyclic) bond motifs is 3. The highest BCUT2D eigenvalue weighted by atomic mass is 35.5. The Bertz CT molecular complexity index is 2060.